The Labute approximate surface area is 107 Å². The number of nitrogens with two attached hydrogens (primary N) is 1. The maximum absolute atomic E-state index is 10.7. The molecule has 0 bridgehead atoms. The number of ether oxygens (including phenoxy) is 1. The summed E-state index contributed by atoms with van der Waals surface area (Å²) < 4.78 is 27.2. The van der Waals surface area contributed by atoms with Crippen molar-refractivity contribution in [3.8, 4) is 5.75 Å². The normalized spacial score (nSPS) is 23.9. The van der Waals surface area contributed by atoms with Crippen molar-refractivity contribution in [2.45, 2.75) is 0 Å². The Bertz CT molecular complexity index is 508. The summed E-state index contributed by atoms with van der Waals surface area (Å²) >= 11 is -2.12. The van der Waals surface area contributed by atoms with Crippen LogP contribution in [-0.2, 0) is 11.3 Å². The highest BCUT2D eigenvalue weighted by atomic mass is 32.2. The van der Waals surface area contributed by atoms with E-state index in [4.69, 9.17) is 15.1 Å². The lowest BCUT2D eigenvalue weighted by molar-refractivity contribution is 0.390. The fraction of sp³-hybridized carbons (Fsp3) is 0.300. The Morgan fingerprint density at radius 3 is 2.94 bits per heavy atom. The van der Waals surface area contributed by atoms with Gasteiger partial charge in [0.05, 0.1) is 19.3 Å². The van der Waals surface area contributed by atoms with E-state index in [1.165, 1.54) is 0 Å². The van der Waals surface area contributed by atoms with E-state index in [0.29, 0.717) is 30.2 Å². The van der Waals surface area contributed by atoms with E-state index in [1.54, 1.807) is 31.6 Å². The number of anilines is 1. The van der Waals surface area contributed by atoms with Crippen LogP contribution in [0.5, 0.6) is 5.75 Å². The highest BCUT2D eigenvalue weighted by Gasteiger charge is 2.32. The molecule has 2 unspecified atom stereocenters. The maximum Gasteiger partial charge on any atom is 0.259 e. The van der Waals surface area contributed by atoms with Crippen LogP contribution in [-0.4, -0.2) is 35.3 Å². The standard InChI is InChI=1S/C10H14N4O3S/c1-17-10-3-2-8(13-18(15)16)6-9(10)14(11)5-4-12-7-14/h2-3,6-7,13H,4-5,11H2,1H3/p+1. The number of benzene rings is 1. The van der Waals surface area contributed by atoms with E-state index < -0.39 is 11.3 Å². The molecule has 1 aromatic rings. The lowest BCUT2D eigenvalue weighted by Crippen LogP contribution is -2.53. The van der Waals surface area contributed by atoms with Gasteiger partial charge in [0.2, 0.25) is 12.0 Å². The van der Waals surface area contributed by atoms with Gasteiger partial charge in [-0.05, 0) is 12.1 Å². The van der Waals surface area contributed by atoms with E-state index >= 15 is 0 Å². The third-order valence-electron chi connectivity index (χ3n) is 2.72. The molecule has 2 rings (SSSR count). The molecule has 7 nitrogen and oxygen atoms in total. The van der Waals surface area contributed by atoms with Crippen LogP contribution in [0.15, 0.2) is 23.2 Å². The predicted molar refractivity (Wildman–Crippen MR) is 71.6 cm³/mol. The first kappa shape index (κ1) is 13.0. The number of quaternary nitrogens is 1. The van der Waals surface area contributed by atoms with Gasteiger partial charge in [0.1, 0.15) is 6.54 Å². The van der Waals surface area contributed by atoms with Gasteiger partial charge in [-0.15, -0.1) is 0 Å². The van der Waals surface area contributed by atoms with Crippen LogP contribution < -0.4 is 19.9 Å². The quantitative estimate of drug-likeness (QED) is 0.421. The van der Waals surface area contributed by atoms with Gasteiger partial charge in [0.15, 0.2) is 5.75 Å². The van der Waals surface area contributed by atoms with Crippen LogP contribution in [0.4, 0.5) is 11.4 Å². The lowest BCUT2D eigenvalue weighted by Gasteiger charge is -2.24. The molecule has 8 heteroatoms. The van der Waals surface area contributed by atoms with Crippen LogP contribution in [0.25, 0.3) is 0 Å². The number of nitrogens with zero attached hydrogens (tertiary/aromatic N) is 2. The number of methoxy groups -OCH3 is 1. The second kappa shape index (κ2) is 5.02. The number of nitrogens with one attached hydrogen (secondary N) is 1. The van der Waals surface area contributed by atoms with E-state index in [2.05, 4.69) is 9.71 Å². The topological polar surface area (TPSA) is 96.9 Å². The van der Waals surface area contributed by atoms with E-state index in [0.717, 1.165) is 0 Å². The fourth-order valence-electron chi connectivity index (χ4n) is 1.85. The molecule has 0 spiro atoms. The maximum atomic E-state index is 10.7. The van der Waals surface area contributed by atoms with Crippen LogP contribution in [0.1, 0.15) is 0 Å². The first-order chi connectivity index (χ1) is 8.55. The number of hydrogen-bond donors (Lipinski definition) is 3. The Balaban J connectivity index is 2.42. The van der Waals surface area contributed by atoms with Crippen molar-refractivity contribution in [1.29, 1.82) is 0 Å². The molecule has 1 aliphatic rings. The number of aliphatic imine (C=N–C) groups is 1. The minimum atomic E-state index is -2.12. The molecule has 1 aliphatic heterocycles. The van der Waals surface area contributed by atoms with Crippen molar-refractivity contribution in [2.24, 2.45) is 10.8 Å². The lowest BCUT2D eigenvalue weighted by atomic mass is 10.2. The number of rotatable bonds is 4. The minimum absolute atomic E-state index is 0.0246. The van der Waals surface area contributed by atoms with Crippen molar-refractivity contribution < 1.29 is 13.5 Å². The molecule has 0 radical (unpaired) electrons. The second-order valence-corrected chi connectivity index (χ2v) is 4.62. The molecule has 0 saturated carbocycles. The second-order valence-electron chi connectivity index (χ2n) is 3.91. The molecule has 1 aromatic carbocycles. The molecule has 98 valence electrons. The number of hydrogen-bond acceptors (Lipinski definition) is 4. The highest BCUT2D eigenvalue weighted by molar-refractivity contribution is 7.80. The Hall–Kier alpha value is -1.48. The summed E-state index contributed by atoms with van der Waals surface area (Å²) in [5.74, 6) is 6.81. The van der Waals surface area contributed by atoms with E-state index in [1.807, 2.05) is 0 Å². The minimum Gasteiger partial charge on any atom is -0.491 e. The average molecular weight is 271 g/mol. The van der Waals surface area contributed by atoms with Gasteiger partial charge >= 0.3 is 0 Å². The molecule has 0 aliphatic carbocycles. The van der Waals surface area contributed by atoms with Gasteiger partial charge in [-0.1, -0.05) is 0 Å². The predicted octanol–water partition coefficient (Wildman–Crippen LogP) is 0.467. The molecule has 2 atom stereocenters. The van der Waals surface area contributed by atoms with Crippen LogP contribution in [0, 0.1) is 0 Å². The first-order valence-corrected chi connectivity index (χ1v) is 6.39. The third kappa shape index (κ3) is 2.51. The summed E-state index contributed by atoms with van der Waals surface area (Å²) in [6, 6.07) is 5.03. The van der Waals surface area contributed by atoms with Crippen LogP contribution in [0.3, 0.4) is 0 Å². The zero-order valence-corrected chi connectivity index (χ0v) is 10.7. The van der Waals surface area contributed by atoms with E-state index in [9.17, 15) is 4.21 Å². The monoisotopic (exact) mass is 271 g/mol. The van der Waals surface area contributed by atoms with Crippen molar-refractivity contribution in [2.75, 3.05) is 24.9 Å². The summed E-state index contributed by atoms with van der Waals surface area (Å²) in [5, 5.41) is 0. The van der Waals surface area contributed by atoms with Gasteiger partial charge in [-0.2, -0.15) is 10.4 Å². The van der Waals surface area contributed by atoms with Gasteiger partial charge < -0.3 is 4.74 Å². The fourth-order valence-corrected chi connectivity index (χ4v) is 2.18. The van der Waals surface area contributed by atoms with Gasteiger partial charge in [0.25, 0.3) is 11.3 Å². The SMILES string of the molecule is COc1ccc(NS(=O)O)cc1[N+]1(N)C=NCC1. The summed E-state index contributed by atoms with van der Waals surface area (Å²) in [6.45, 7) is 1.27. The molecule has 0 amide bonds. The summed E-state index contributed by atoms with van der Waals surface area (Å²) in [4.78, 5) is 4.12. The molecule has 1 heterocycles. The van der Waals surface area contributed by atoms with E-state index in [-0.39, 0.29) is 4.59 Å². The Kier molecular flexibility index (Phi) is 3.62. The molecule has 4 N–H and O–H groups in total. The van der Waals surface area contributed by atoms with Gasteiger partial charge in [-0.3, -0.25) is 9.27 Å². The highest BCUT2D eigenvalue weighted by Crippen LogP contribution is 2.34. The molecular formula is C10H15N4O3S+. The molecule has 0 fully saturated rings. The third-order valence-corrected chi connectivity index (χ3v) is 3.13. The average Bonchev–Trinajstić information content (AvgIpc) is 2.76. The summed E-state index contributed by atoms with van der Waals surface area (Å²) in [6.07, 6.45) is 1.64. The van der Waals surface area contributed by atoms with Crippen LogP contribution >= 0.6 is 0 Å². The summed E-state index contributed by atoms with van der Waals surface area (Å²) in [7, 11) is 1.55. The smallest absolute Gasteiger partial charge is 0.259 e. The van der Waals surface area contributed by atoms with Crippen molar-refractivity contribution in [3.05, 3.63) is 18.2 Å². The largest absolute Gasteiger partial charge is 0.491 e. The van der Waals surface area contributed by atoms with Crippen LogP contribution in [0.2, 0.25) is 0 Å². The van der Waals surface area contributed by atoms with Crippen molar-refractivity contribution in [3.63, 3.8) is 0 Å². The Morgan fingerprint density at radius 2 is 2.39 bits per heavy atom. The van der Waals surface area contributed by atoms with Gasteiger partial charge in [0, 0.05) is 6.07 Å². The molecule has 18 heavy (non-hydrogen) atoms. The summed E-state index contributed by atoms with van der Waals surface area (Å²) in [5.41, 5.74) is 1.18. The molecular weight excluding hydrogens is 256 g/mol. The Morgan fingerprint density at radius 1 is 1.61 bits per heavy atom. The molecule has 0 saturated heterocycles. The van der Waals surface area contributed by atoms with Crippen molar-refractivity contribution >= 4 is 29.0 Å². The zero-order chi connectivity index (χ0) is 13.2. The van der Waals surface area contributed by atoms with Gasteiger partial charge in [-0.25, -0.2) is 9.20 Å². The molecule has 0 aromatic heterocycles. The van der Waals surface area contributed by atoms with Crippen molar-refractivity contribution in [1.82, 2.24) is 4.59 Å². The first-order valence-electron chi connectivity index (χ1n) is 5.28. The zero-order valence-electron chi connectivity index (χ0n) is 9.87.